The van der Waals surface area contributed by atoms with Gasteiger partial charge in [0.1, 0.15) is 5.01 Å². The van der Waals surface area contributed by atoms with Crippen molar-refractivity contribution in [3.05, 3.63) is 45.9 Å². The average Bonchev–Trinajstić information content (AvgIpc) is 3.06. The van der Waals surface area contributed by atoms with Gasteiger partial charge in [-0.2, -0.15) is 0 Å². The molecule has 0 fully saturated rings. The van der Waals surface area contributed by atoms with Crippen molar-refractivity contribution in [3.63, 3.8) is 0 Å². The fourth-order valence-electron chi connectivity index (χ4n) is 2.06. The lowest BCUT2D eigenvalue weighted by atomic mass is 10.2. The van der Waals surface area contributed by atoms with Gasteiger partial charge in [-0.3, -0.25) is 0 Å². The van der Waals surface area contributed by atoms with E-state index >= 15 is 0 Å². The first-order chi connectivity index (χ1) is 9.36. The first-order valence-corrected chi connectivity index (χ1v) is 8.03. The summed E-state index contributed by atoms with van der Waals surface area (Å²) in [6.45, 7) is 3.06. The molecule has 0 radical (unpaired) electrons. The minimum Gasteiger partial charge on any atom is -0.308 e. The molecule has 2 aromatic heterocycles. The summed E-state index contributed by atoms with van der Waals surface area (Å²) in [5.74, 6) is 0. The van der Waals surface area contributed by atoms with Crippen LogP contribution in [0, 0.1) is 0 Å². The lowest BCUT2D eigenvalue weighted by Crippen LogP contribution is -2.22. The molecule has 1 atom stereocenters. The first-order valence-electron chi connectivity index (χ1n) is 6.34. The Morgan fingerprint density at radius 3 is 2.95 bits per heavy atom. The van der Waals surface area contributed by atoms with Crippen LogP contribution < -0.4 is 5.32 Å². The summed E-state index contributed by atoms with van der Waals surface area (Å²) in [6, 6.07) is 8.56. The second-order valence-corrected chi connectivity index (χ2v) is 6.30. The van der Waals surface area contributed by atoms with E-state index in [1.807, 2.05) is 17.6 Å². The normalized spacial score (nSPS) is 12.9. The SMILES string of the molecule is CCNC(Cc1nccs1)c1nc2ccccc2s1. The van der Waals surface area contributed by atoms with Crippen LogP contribution in [0.4, 0.5) is 0 Å². The third kappa shape index (κ3) is 2.83. The van der Waals surface area contributed by atoms with E-state index in [0.717, 1.165) is 28.5 Å². The molecule has 0 aliphatic heterocycles. The van der Waals surface area contributed by atoms with Crippen molar-refractivity contribution in [2.45, 2.75) is 19.4 Å². The van der Waals surface area contributed by atoms with Gasteiger partial charge in [-0.15, -0.1) is 22.7 Å². The highest BCUT2D eigenvalue weighted by atomic mass is 32.1. The maximum absolute atomic E-state index is 4.75. The van der Waals surface area contributed by atoms with Gasteiger partial charge in [0.05, 0.1) is 21.3 Å². The smallest absolute Gasteiger partial charge is 0.111 e. The van der Waals surface area contributed by atoms with Crippen LogP contribution >= 0.6 is 22.7 Å². The monoisotopic (exact) mass is 289 g/mol. The molecule has 2 heterocycles. The van der Waals surface area contributed by atoms with E-state index < -0.39 is 0 Å². The quantitative estimate of drug-likeness (QED) is 0.779. The number of hydrogen-bond acceptors (Lipinski definition) is 5. The summed E-state index contributed by atoms with van der Waals surface area (Å²) >= 11 is 3.47. The van der Waals surface area contributed by atoms with Crippen molar-refractivity contribution in [2.24, 2.45) is 0 Å². The largest absolute Gasteiger partial charge is 0.308 e. The number of aromatic nitrogens is 2. The van der Waals surface area contributed by atoms with Crippen LogP contribution in [0.2, 0.25) is 0 Å². The standard InChI is InChI=1S/C14H15N3S2/c1-2-15-11(9-13-16-7-8-18-13)14-17-10-5-3-4-6-12(10)19-14/h3-8,11,15H,2,9H2,1H3. The van der Waals surface area contributed by atoms with Crippen molar-refractivity contribution >= 4 is 32.9 Å². The summed E-state index contributed by atoms with van der Waals surface area (Å²) < 4.78 is 1.25. The van der Waals surface area contributed by atoms with Gasteiger partial charge in [-0.1, -0.05) is 19.1 Å². The van der Waals surface area contributed by atoms with Crippen molar-refractivity contribution in [2.75, 3.05) is 6.54 Å². The van der Waals surface area contributed by atoms with Crippen LogP contribution in [0.1, 0.15) is 23.0 Å². The molecular weight excluding hydrogens is 274 g/mol. The number of fused-ring (bicyclic) bond motifs is 1. The van der Waals surface area contributed by atoms with Crippen LogP contribution in [0.5, 0.6) is 0 Å². The molecule has 19 heavy (non-hydrogen) atoms. The molecule has 0 saturated heterocycles. The van der Waals surface area contributed by atoms with Gasteiger partial charge in [0.2, 0.25) is 0 Å². The summed E-state index contributed by atoms with van der Waals surface area (Å²) in [7, 11) is 0. The van der Waals surface area contributed by atoms with Gasteiger partial charge in [-0.25, -0.2) is 9.97 Å². The summed E-state index contributed by atoms with van der Waals surface area (Å²) in [5.41, 5.74) is 1.09. The van der Waals surface area contributed by atoms with Crippen molar-refractivity contribution in [3.8, 4) is 0 Å². The Morgan fingerprint density at radius 1 is 1.32 bits per heavy atom. The molecule has 1 aromatic carbocycles. The lowest BCUT2D eigenvalue weighted by Gasteiger charge is -2.13. The highest BCUT2D eigenvalue weighted by Crippen LogP contribution is 2.28. The summed E-state index contributed by atoms with van der Waals surface area (Å²) in [4.78, 5) is 9.12. The van der Waals surface area contributed by atoms with Crippen LogP contribution in [-0.4, -0.2) is 16.5 Å². The Bertz CT molecular complexity index is 613. The van der Waals surface area contributed by atoms with E-state index in [0.29, 0.717) is 0 Å². The Kier molecular flexibility index (Phi) is 3.87. The number of para-hydroxylation sites is 1. The summed E-state index contributed by atoms with van der Waals surface area (Å²) in [6.07, 6.45) is 2.77. The molecule has 0 aliphatic rings. The Hall–Kier alpha value is -1.30. The zero-order valence-corrected chi connectivity index (χ0v) is 12.3. The average molecular weight is 289 g/mol. The second kappa shape index (κ2) is 5.77. The molecule has 3 aromatic rings. The van der Waals surface area contributed by atoms with E-state index in [1.165, 1.54) is 4.70 Å². The van der Waals surface area contributed by atoms with Gasteiger partial charge < -0.3 is 5.32 Å². The number of benzene rings is 1. The van der Waals surface area contributed by atoms with Crippen molar-refractivity contribution in [1.29, 1.82) is 0 Å². The molecule has 5 heteroatoms. The first kappa shape index (κ1) is 12.7. The predicted octanol–water partition coefficient (Wildman–Crippen LogP) is 3.65. The number of rotatable bonds is 5. The van der Waals surface area contributed by atoms with E-state index in [2.05, 4.69) is 35.4 Å². The molecule has 0 saturated carbocycles. The Balaban J connectivity index is 1.90. The molecule has 0 amide bonds. The fourth-order valence-corrected chi connectivity index (χ4v) is 3.77. The molecule has 1 N–H and O–H groups in total. The molecule has 0 spiro atoms. The lowest BCUT2D eigenvalue weighted by molar-refractivity contribution is 0.547. The predicted molar refractivity (Wildman–Crippen MR) is 81.9 cm³/mol. The van der Waals surface area contributed by atoms with Crippen LogP contribution in [0.3, 0.4) is 0 Å². The third-order valence-corrected chi connectivity index (χ3v) is 4.87. The number of thiazole rings is 2. The second-order valence-electron chi connectivity index (χ2n) is 4.26. The van der Waals surface area contributed by atoms with Crippen molar-refractivity contribution in [1.82, 2.24) is 15.3 Å². The molecule has 98 valence electrons. The fraction of sp³-hybridized carbons (Fsp3) is 0.286. The van der Waals surface area contributed by atoms with Gasteiger partial charge in [0.25, 0.3) is 0 Å². The van der Waals surface area contributed by atoms with Crippen LogP contribution in [0.15, 0.2) is 35.8 Å². The van der Waals surface area contributed by atoms with Gasteiger partial charge in [-0.05, 0) is 18.7 Å². The molecule has 0 bridgehead atoms. The van der Waals surface area contributed by atoms with Crippen molar-refractivity contribution < 1.29 is 0 Å². The summed E-state index contributed by atoms with van der Waals surface area (Å²) in [5, 5.41) is 7.85. The van der Waals surface area contributed by atoms with E-state index in [4.69, 9.17) is 4.98 Å². The minimum absolute atomic E-state index is 0.258. The Morgan fingerprint density at radius 2 is 2.21 bits per heavy atom. The molecular formula is C14H15N3S2. The highest BCUT2D eigenvalue weighted by Gasteiger charge is 2.17. The number of nitrogens with zero attached hydrogens (tertiary/aromatic N) is 2. The zero-order chi connectivity index (χ0) is 13.1. The number of nitrogens with one attached hydrogen (secondary N) is 1. The van der Waals surface area contributed by atoms with E-state index in [1.54, 1.807) is 22.7 Å². The van der Waals surface area contributed by atoms with Gasteiger partial charge in [0, 0.05) is 18.0 Å². The van der Waals surface area contributed by atoms with E-state index in [9.17, 15) is 0 Å². The topological polar surface area (TPSA) is 37.8 Å². The third-order valence-electron chi connectivity index (χ3n) is 2.92. The molecule has 1 unspecified atom stereocenters. The van der Waals surface area contributed by atoms with Crippen LogP contribution in [-0.2, 0) is 6.42 Å². The molecule has 0 aliphatic carbocycles. The maximum atomic E-state index is 4.75. The van der Waals surface area contributed by atoms with Gasteiger partial charge >= 0.3 is 0 Å². The number of likely N-dealkylation sites (N-methyl/N-ethyl adjacent to an activating group) is 1. The van der Waals surface area contributed by atoms with Gasteiger partial charge in [0.15, 0.2) is 0 Å². The Labute approximate surface area is 120 Å². The molecule has 3 nitrogen and oxygen atoms in total. The maximum Gasteiger partial charge on any atom is 0.111 e. The number of hydrogen-bond donors (Lipinski definition) is 1. The minimum atomic E-state index is 0.258. The molecule has 3 rings (SSSR count). The highest BCUT2D eigenvalue weighted by molar-refractivity contribution is 7.18. The zero-order valence-electron chi connectivity index (χ0n) is 10.7. The van der Waals surface area contributed by atoms with E-state index in [-0.39, 0.29) is 6.04 Å². The van der Waals surface area contributed by atoms with Crippen LogP contribution in [0.25, 0.3) is 10.2 Å².